The predicted octanol–water partition coefficient (Wildman–Crippen LogP) is 3.53. The molecule has 0 atom stereocenters. The molecule has 33 heavy (non-hydrogen) atoms. The molecule has 0 aliphatic rings. The van der Waals surface area contributed by atoms with Crippen molar-refractivity contribution in [2.75, 3.05) is 29.5 Å². The van der Waals surface area contributed by atoms with Gasteiger partial charge in [0.05, 0.1) is 16.2 Å². The van der Waals surface area contributed by atoms with Gasteiger partial charge in [-0.15, -0.1) is 0 Å². The maximum atomic E-state index is 13.2. The first-order valence-corrected chi connectivity index (χ1v) is 11.3. The van der Waals surface area contributed by atoms with Crippen molar-refractivity contribution in [3.63, 3.8) is 0 Å². The molecule has 0 saturated heterocycles. The average Bonchev–Trinajstić information content (AvgIpc) is 2.68. The minimum Gasteiger partial charge on any atom is -0.383 e. The smallest absolute Gasteiger partial charge is 0.383 e. The van der Waals surface area contributed by atoms with Crippen molar-refractivity contribution < 1.29 is 21.6 Å². The number of primary sulfonamides is 1. The number of sulfonamides is 1. The van der Waals surface area contributed by atoms with Crippen molar-refractivity contribution in [1.82, 2.24) is 9.97 Å². The van der Waals surface area contributed by atoms with Crippen LogP contribution in [0.1, 0.15) is 16.7 Å². The third-order valence-corrected chi connectivity index (χ3v) is 5.58. The standard InChI is InChI=1S/C21H23F3N6O2S/c1-12-7-13(2)9-14(8-12)17-11-19(30-20(25)29-17)28-6-5-27-15-3-4-18(33(26,31)32)16(10-15)21(22,23)24/h3-4,7-11,27H,5-6H2,1-2H3,(H2,26,31,32)(H3,25,28,29,30). The van der Waals surface area contributed by atoms with Crippen LogP contribution in [0.25, 0.3) is 11.3 Å². The molecule has 0 fully saturated rings. The number of benzene rings is 2. The maximum Gasteiger partial charge on any atom is 0.417 e. The minimum atomic E-state index is -4.87. The van der Waals surface area contributed by atoms with Gasteiger partial charge in [0, 0.05) is 30.4 Å². The molecule has 1 heterocycles. The van der Waals surface area contributed by atoms with E-state index in [1.54, 1.807) is 6.07 Å². The fourth-order valence-electron chi connectivity index (χ4n) is 3.33. The third-order valence-electron chi connectivity index (χ3n) is 4.61. The van der Waals surface area contributed by atoms with E-state index in [9.17, 15) is 21.6 Å². The maximum absolute atomic E-state index is 13.2. The summed E-state index contributed by atoms with van der Waals surface area (Å²) in [4.78, 5) is 7.42. The van der Waals surface area contributed by atoms with Crippen LogP contribution in [0.2, 0.25) is 0 Å². The van der Waals surface area contributed by atoms with E-state index in [1.165, 1.54) is 6.07 Å². The summed E-state index contributed by atoms with van der Waals surface area (Å²) in [5, 5.41) is 10.7. The highest BCUT2D eigenvalue weighted by Gasteiger charge is 2.36. The van der Waals surface area contributed by atoms with E-state index in [-0.39, 0.29) is 18.2 Å². The summed E-state index contributed by atoms with van der Waals surface area (Å²) in [7, 11) is -4.52. The van der Waals surface area contributed by atoms with Gasteiger partial charge >= 0.3 is 6.18 Å². The van der Waals surface area contributed by atoms with Gasteiger partial charge in [0.15, 0.2) is 0 Å². The van der Waals surface area contributed by atoms with E-state index >= 15 is 0 Å². The number of aromatic nitrogens is 2. The van der Waals surface area contributed by atoms with Crippen molar-refractivity contribution in [2.24, 2.45) is 5.14 Å². The van der Waals surface area contributed by atoms with E-state index in [0.29, 0.717) is 24.1 Å². The normalized spacial score (nSPS) is 11.9. The molecular weight excluding hydrogens is 457 g/mol. The van der Waals surface area contributed by atoms with E-state index in [0.717, 1.165) is 22.8 Å². The summed E-state index contributed by atoms with van der Waals surface area (Å²) in [6, 6.07) is 10.5. The van der Waals surface area contributed by atoms with Crippen LogP contribution >= 0.6 is 0 Å². The highest BCUT2D eigenvalue weighted by Crippen LogP contribution is 2.35. The van der Waals surface area contributed by atoms with Crippen molar-refractivity contribution >= 4 is 27.5 Å². The van der Waals surface area contributed by atoms with Gasteiger partial charge in [-0.05, 0) is 44.2 Å². The molecule has 3 rings (SSSR count). The first kappa shape index (κ1) is 24.3. The Balaban J connectivity index is 1.70. The molecule has 0 amide bonds. The SMILES string of the molecule is Cc1cc(C)cc(-c2cc(NCCNc3ccc(S(N)(=O)=O)c(C(F)(F)F)c3)nc(N)n2)c1. The second-order valence-corrected chi connectivity index (χ2v) is 9.01. The molecule has 8 nitrogen and oxygen atoms in total. The molecule has 0 unspecified atom stereocenters. The van der Waals surface area contributed by atoms with Crippen LogP contribution in [0.5, 0.6) is 0 Å². The molecule has 2 aromatic carbocycles. The quantitative estimate of drug-likeness (QED) is 0.380. The number of nitrogens with zero attached hydrogens (tertiary/aromatic N) is 2. The number of nitrogen functional groups attached to an aromatic ring is 1. The van der Waals surface area contributed by atoms with Gasteiger partial charge in [0.2, 0.25) is 16.0 Å². The Morgan fingerprint density at radius 2 is 1.58 bits per heavy atom. The molecule has 3 aromatic rings. The summed E-state index contributed by atoms with van der Waals surface area (Å²) in [6.07, 6.45) is -4.87. The van der Waals surface area contributed by atoms with Crippen LogP contribution in [0, 0.1) is 13.8 Å². The number of nitrogens with one attached hydrogen (secondary N) is 2. The topological polar surface area (TPSA) is 136 Å². The van der Waals surface area contributed by atoms with Crippen LogP contribution in [0.4, 0.5) is 30.6 Å². The van der Waals surface area contributed by atoms with Gasteiger partial charge in [-0.1, -0.05) is 17.2 Å². The van der Waals surface area contributed by atoms with Crippen LogP contribution in [0.15, 0.2) is 47.4 Å². The van der Waals surface area contributed by atoms with E-state index < -0.39 is 26.7 Å². The van der Waals surface area contributed by atoms with Crippen molar-refractivity contribution in [3.8, 4) is 11.3 Å². The second kappa shape index (κ2) is 9.24. The molecule has 12 heteroatoms. The highest BCUT2D eigenvalue weighted by molar-refractivity contribution is 7.89. The number of hydrogen-bond acceptors (Lipinski definition) is 7. The molecule has 0 aliphatic carbocycles. The summed E-state index contributed by atoms with van der Waals surface area (Å²) >= 11 is 0. The van der Waals surface area contributed by atoms with E-state index in [1.807, 2.05) is 32.0 Å². The lowest BCUT2D eigenvalue weighted by molar-refractivity contribution is -0.139. The fraction of sp³-hybridized carbons (Fsp3) is 0.238. The van der Waals surface area contributed by atoms with Gasteiger partial charge in [-0.3, -0.25) is 0 Å². The molecule has 0 radical (unpaired) electrons. The Hall–Kier alpha value is -3.38. The molecule has 176 valence electrons. The Bertz CT molecular complexity index is 1260. The minimum absolute atomic E-state index is 0.0792. The molecule has 0 aliphatic heterocycles. The zero-order valence-corrected chi connectivity index (χ0v) is 18.7. The zero-order valence-electron chi connectivity index (χ0n) is 17.9. The monoisotopic (exact) mass is 480 g/mol. The number of hydrogen-bond donors (Lipinski definition) is 4. The van der Waals surface area contributed by atoms with Crippen LogP contribution < -0.4 is 21.5 Å². The van der Waals surface area contributed by atoms with Crippen molar-refractivity contribution in [3.05, 3.63) is 59.2 Å². The summed E-state index contributed by atoms with van der Waals surface area (Å²) in [6.45, 7) is 4.47. The number of nitrogens with two attached hydrogens (primary N) is 2. The number of halogens is 3. The lowest BCUT2D eigenvalue weighted by Crippen LogP contribution is -2.20. The fourth-order valence-corrected chi connectivity index (χ4v) is 4.07. The van der Waals surface area contributed by atoms with Gasteiger partial charge < -0.3 is 16.4 Å². The molecule has 1 aromatic heterocycles. The van der Waals surface area contributed by atoms with Gasteiger partial charge in [0.25, 0.3) is 0 Å². The molecule has 0 bridgehead atoms. The highest BCUT2D eigenvalue weighted by atomic mass is 32.2. The Labute approximate surface area is 189 Å². The molecule has 0 saturated carbocycles. The first-order chi connectivity index (χ1) is 15.3. The zero-order chi connectivity index (χ0) is 24.4. The van der Waals surface area contributed by atoms with E-state index in [2.05, 4.69) is 20.6 Å². The van der Waals surface area contributed by atoms with Crippen LogP contribution in [-0.2, 0) is 16.2 Å². The largest absolute Gasteiger partial charge is 0.417 e. The summed E-state index contributed by atoms with van der Waals surface area (Å²) < 4.78 is 62.6. The lowest BCUT2D eigenvalue weighted by Gasteiger charge is -2.15. The number of rotatable bonds is 7. The second-order valence-electron chi connectivity index (χ2n) is 7.48. The van der Waals surface area contributed by atoms with Crippen LogP contribution in [0.3, 0.4) is 0 Å². The summed E-state index contributed by atoms with van der Waals surface area (Å²) in [5.74, 6) is 0.537. The Morgan fingerprint density at radius 1 is 0.939 bits per heavy atom. The van der Waals surface area contributed by atoms with Gasteiger partial charge in [-0.2, -0.15) is 18.2 Å². The average molecular weight is 481 g/mol. The third kappa shape index (κ3) is 6.33. The molecular formula is C21H23F3N6O2S. The predicted molar refractivity (Wildman–Crippen MR) is 121 cm³/mol. The Morgan fingerprint density at radius 3 is 2.18 bits per heavy atom. The Kier molecular flexibility index (Phi) is 6.79. The number of anilines is 3. The number of aryl methyl sites for hydroxylation is 2. The van der Waals surface area contributed by atoms with E-state index in [4.69, 9.17) is 10.9 Å². The molecule has 6 N–H and O–H groups in total. The summed E-state index contributed by atoms with van der Waals surface area (Å²) in [5.41, 5.74) is 8.27. The van der Waals surface area contributed by atoms with Gasteiger partial charge in [-0.25, -0.2) is 18.5 Å². The van der Waals surface area contributed by atoms with Gasteiger partial charge in [0.1, 0.15) is 5.82 Å². The molecule has 0 spiro atoms. The van der Waals surface area contributed by atoms with Crippen molar-refractivity contribution in [1.29, 1.82) is 0 Å². The van der Waals surface area contributed by atoms with Crippen LogP contribution in [-0.4, -0.2) is 31.5 Å². The number of alkyl halides is 3. The first-order valence-electron chi connectivity index (χ1n) is 9.78. The van der Waals surface area contributed by atoms with Crippen molar-refractivity contribution in [2.45, 2.75) is 24.9 Å². The lowest BCUT2D eigenvalue weighted by atomic mass is 10.0.